The van der Waals surface area contributed by atoms with Crippen molar-refractivity contribution in [2.24, 2.45) is 4.99 Å². The van der Waals surface area contributed by atoms with Gasteiger partial charge >= 0.3 is 0 Å². The van der Waals surface area contributed by atoms with E-state index in [1.54, 1.807) is 6.20 Å². The molecular weight excluding hydrogens is 392 g/mol. The Morgan fingerprint density at radius 3 is 2.55 bits per heavy atom. The Bertz CT molecular complexity index is 807. The van der Waals surface area contributed by atoms with Gasteiger partial charge in [0.25, 0.3) is 0 Å². The van der Waals surface area contributed by atoms with Crippen LogP contribution in [0.2, 0.25) is 0 Å². The zero-order chi connectivity index (χ0) is 21.7. The molecule has 2 aromatic rings. The number of carbonyl (C=O) groups is 1. The van der Waals surface area contributed by atoms with Gasteiger partial charge in [-0.05, 0) is 31.2 Å². The van der Waals surface area contributed by atoms with E-state index < -0.39 is 0 Å². The average Bonchev–Trinajstić information content (AvgIpc) is 2.83. The van der Waals surface area contributed by atoms with Crippen LogP contribution in [0.25, 0.3) is 0 Å². The van der Waals surface area contributed by atoms with E-state index in [1.165, 1.54) is 0 Å². The molecule has 0 bridgehead atoms. The zero-order valence-corrected chi connectivity index (χ0v) is 18.2. The molecule has 2 N–H and O–H groups in total. The largest absolute Gasteiger partial charge is 0.492 e. The number of guanidine groups is 1. The number of ether oxygens (including phenoxy) is 1. The Morgan fingerprint density at radius 1 is 1.06 bits per heavy atom. The van der Waals surface area contributed by atoms with Crippen LogP contribution in [0.4, 0.5) is 5.82 Å². The van der Waals surface area contributed by atoms with Gasteiger partial charge < -0.3 is 25.2 Å². The molecule has 2 heterocycles. The number of aliphatic imine (C=N–C) groups is 1. The van der Waals surface area contributed by atoms with E-state index in [-0.39, 0.29) is 5.91 Å². The van der Waals surface area contributed by atoms with Crippen LogP contribution >= 0.6 is 0 Å². The summed E-state index contributed by atoms with van der Waals surface area (Å²) in [4.78, 5) is 25.6. The number of pyridine rings is 1. The Kier molecular flexibility index (Phi) is 8.97. The highest BCUT2D eigenvalue weighted by atomic mass is 16.5. The monoisotopic (exact) mass is 424 g/mol. The predicted octanol–water partition coefficient (Wildman–Crippen LogP) is 1.75. The van der Waals surface area contributed by atoms with Crippen LogP contribution in [0.15, 0.2) is 59.7 Å². The second kappa shape index (κ2) is 12.4. The third-order valence-electron chi connectivity index (χ3n) is 4.95. The van der Waals surface area contributed by atoms with Crippen molar-refractivity contribution in [3.8, 4) is 5.75 Å². The quantitative estimate of drug-likeness (QED) is 0.363. The van der Waals surface area contributed by atoms with Crippen molar-refractivity contribution in [1.82, 2.24) is 20.5 Å². The molecule has 0 unspecified atom stereocenters. The number of hydrogen-bond donors (Lipinski definition) is 2. The molecule has 0 saturated carbocycles. The summed E-state index contributed by atoms with van der Waals surface area (Å²) in [5.41, 5.74) is 0. The highest BCUT2D eigenvalue weighted by Gasteiger charge is 2.21. The topological polar surface area (TPSA) is 82.1 Å². The molecule has 0 spiro atoms. The number of carbonyl (C=O) groups excluding carboxylic acids is 1. The molecule has 1 amide bonds. The van der Waals surface area contributed by atoms with E-state index in [4.69, 9.17) is 4.74 Å². The maximum Gasteiger partial charge on any atom is 0.224 e. The Balaban J connectivity index is 1.36. The van der Waals surface area contributed by atoms with Gasteiger partial charge in [0.1, 0.15) is 18.2 Å². The first-order valence-corrected chi connectivity index (χ1v) is 10.9. The van der Waals surface area contributed by atoms with E-state index in [0.717, 1.165) is 31.2 Å². The van der Waals surface area contributed by atoms with Crippen molar-refractivity contribution in [3.63, 3.8) is 0 Å². The predicted molar refractivity (Wildman–Crippen MR) is 124 cm³/mol. The average molecular weight is 425 g/mol. The van der Waals surface area contributed by atoms with Crippen LogP contribution < -0.4 is 20.3 Å². The third kappa shape index (κ3) is 7.47. The number of amides is 1. The lowest BCUT2D eigenvalue weighted by Gasteiger charge is -2.35. The third-order valence-corrected chi connectivity index (χ3v) is 4.95. The maximum atomic E-state index is 12.6. The molecule has 1 aromatic heterocycles. The fraction of sp³-hybridized carbons (Fsp3) is 0.435. The molecular formula is C23H32N6O2. The Hall–Kier alpha value is -3.29. The zero-order valence-electron chi connectivity index (χ0n) is 18.2. The van der Waals surface area contributed by atoms with Gasteiger partial charge in [0.15, 0.2) is 5.96 Å². The molecule has 3 rings (SSSR count). The highest BCUT2D eigenvalue weighted by Crippen LogP contribution is 2.13. The molecule has 1 aromatic carbocycles. The molecule has 1 saturated heterocycles. The standard InChI is InChI=1S/C23H32N6O2/c1-2-24-23(27-14-19-31-20-8-4-3-5-9-20)26-13-11-22(30)29-17-15-28(16-18-29)21-10-6-7-12-25-21/h3-10,12H,2,11,13-19H2,1H3,(H2,24,26,27). The number of aromatic nitrogens is 1. The summed E-state index contributed by atoms with van der Waals surface area (Å²) in [6.07, 6.45) is 2.20. The van der Waals surface area contributed by atoms with Crippen molar-refractivity contribution in [2.45, 2.75) is 13.3 Å². The van der Waals surface area contributed by atoms with Gasteiger partial charge in [-0.2, -0.15) is 0 Å². The van der Waals surface area contributed by atoms with Crippen molar-refractivity contribution in [3.05, 3.63) is 54.7 Å². The van der Waals surface area contributed by atoms with E-state index in [2.05, 4.69) is 25.5 Å². The molecule has 0 atom stereocenters. The summed E-state index contributed by atoms with van der Waals surface area (Å²) in [7, 11) is 0. The summed E-state index contributed by atoms with van der Waals surface area (Å²) in [5, 5.41) is 6.45. The fourth-order valence-corrected chi connectivity index (χ4v) is 3.34. The molecule has 166 valence electrons. The minimum atomic E-state index is 0.146. The number of hydrogen-bond acceptors (Lipinski definition) is 5. The summed E-state index contributed by atoms with van der Waals surface area (Å²) in [6.45, 7) is 7.43. The van der Waals surface area contributed by atoms with Crippen LogP contribution in [-0.2, 0) is 4.79 Å². The summed E-state index contributed by atoms with van der Waals surface area (Å²) in [6, 6.07) is 15.6. The van der Waals surface area contributed by atoms with Crippen LogP contribution in [0.1, 0.15) is 13.3 Å². The van der Waals surface area contributed by atoms with Crippen LogP contribution in [0.5, 0.6) is 5.75 Å². The van der Waals surface area contributed by atoms with Crippen molar-refractivity contribution < 1.29 is 9.53 Å². The normalized spacial score (nSPS) is 14.3. The number of nitrogens with zero attached hydrogens (tertiary/aromatic N) is 4. The molecule has 31 heavy (non-hydrogen) atoms. The summed E-state index contributed by atoms with van der Waals surface area (Å²) in [5.74, 6) is 2.66. The molecule has 8 nitrogen and oxygen atoms in total. The highest BCUT2D eigenvalue weighted by molar-refractivity contribution is 5.81. The molecule has 1 aliphatic rings. The Morgan fingerprint density at radius 2 is 1.84 bits per heavy atom. The number of anilines is 1. The number of para-hydroxylation sites is 1. The van der Waals surface area contributed by atoms with Gasteiger partial charge in [-0.3, -0.25) is 9.79 Å². The van der Waals surface area contributed by atoms with Gasteiger partial charge in [-0.25, -0.2) is 4.98 Å². The lowest BCUT2D eigenvalue weighted by molar-refractivity contribution is -0.131. The van der Waals surface area contributed by atoms with Crippen LogP contribution in [0, 0.1) is 0 Å². The second-order valence-electron chi connectivity index (χ2n) is 7.15. The van der Waals surface area contributed by atoms with Crippen molar-refractivity contribution in [1.29, 1.82) is 0 Å². The number of rotatable bonds is 9. The van der Waals surface area contributed by atoms with Crippen LogP contribution in [-0.4, -0.2) is 74.2 Å². The lowest BCUT2D eigenvalue weighted by atomic mass is 10.2. The first-order chi connectivity index (χ1) is 15.3. The van der Waals surface area contributed by atoms with E-state index in [9.17, 15) is 4.79 Å². The SMILES string of the molecule is CCNC(=NCCC(=O)N1CCN(c2ccccn2)CC1)NCCOc1ccccc1. The van der Waals surface area contributed by atoms with Crippen molar-refractivity contribution >= 4 is 17.7 Å². The van der Waals surface area contributed by atoms with E-state index in [0.29, 0.717) is 45.2 Å². The van der Waals surface area contributed by atoms with Gasteiger partial charge in [0, 0.05) is 45.3 Å². The number of nitrogens with one attached hydrogen (secondary N) is 2. The molecule has 1 fully saturated rings. The minimum absolute atomic E-state index is 0.146. The molecule has 1 aliphatic heterocycles. The minimum Gasteiger partial charge on any atom is -0.492 e. The first-order valence-electron chi connectivity index (χ1n) is 10.9. The summed E-state index contributed by atoms with van der Waals surface area (Å²) < 4.78 is 5.68. The van der Waals surface area contributed by atoms with Crippen LogP contribution in [0.3, 0.4) is 0 Å². The Labute approximate surface area is 184 Å². The van der Waals surface area contributed by atoms with Gasteiger partial charge in [0.05, 0.1) is 13.1 Å². The molecule has 0 radical (unpaired) electrons. The summed E-state index contributed by atoms with van der Waals surface area (Å²) >= 11 is 0. The van der Waals surface area contributed by atoms with Gasteiger partial charge in [-0.15, -0.1) is 0 Å². The van der Waals surface area contributed by atoms with Gasteiger partial charge in [0.2, 0.25) is 5.91 Å². The lowest BCUT2D eigenvalue weighted by Crippen LogP contribution is -2.49. The van der Waals surface area contributed by atoms with Gasteiger partial charge in [-0.1, -0.05) is 24.3 Å². The molecule has 8 heteroatoms. The van der Waals surface area contributed by atoms with E-state index in [1.807, 2.05) is 60.4 Å². The second-order valence-corrected chi connectivity index (χ2v) is 7.15. The van der Waals surface area contributed by atoms with E-state index >= 15 is 0 Å². The number of benzene rings is 1. The smallest absolute Gasteiger partial charge is 0.224 e. The van der Waals surface area contributed by atoms with Crippen molar-refractivity contribution in [2.75, 3.05) is 57.3 Å². The first kappa shape index (κ1) is 22.4. The maximum absolute atomic E-state index is 12.6. The fourth-order valence-electron chi connectivity index (χ4n) is 3.34. The molecule has 0 aliphatic carbocycles. The number of piperazine rings is 1.